The molecule has 0 atom stereocenters. The molecular weight excluding hydrogens is 258 g/mol. The van der Waals surface area contributed by atoms with Crippen LogP contribution in [0, 0.1) is 0 Å². The predicted molar refractivity (Wildman–Crippen MR) is 77.3 cm³/mol. The molecule has 100 valence electrons. The molecule has 0 unspecified atom stereocenters. The molecule has 0 amide bonds. The lowest BCUT2D eigenvalue weighted by Gasteiger charge is -2.13. The van der Waals surface area contributed by atoms with Gasteiger partial charge < -0.3 is 0 Å². The summed E-state index contributed by atoms with van der Waals surface area (Å²) < 4.78 is 27.3. The van der Waals surface area contributed by atoms with Crippen LogP contribution in [0.1, 0.15) is 13.8 Å². The first-order valence-electron chi connectivity index (χ1n) is 6.17. The molecule has 1 N–H and O–H groups in total. The van der Waals surface area contributed by atoms with E-state index in [9.17, 15) is 8.42 Å². The van der Waals surface area contributed by atoms with Crippen LogP contribution in [0.2, 0.25) is 0 Å². The zero-order valence-corrected chi connectivity index (χ0v) is 11.8. The van der Waals surface area contributed by atoms with Crippen LogP contribution in [0.4, 0.5) is 0 Å². The second-order valence-electron chi connectivity index (χ2n) is 4.64. The third-order valence-corrected chi connectivity index (χ3v) is 4.37. The Morgan fingerprint density at radius 2 is 1.47 bits per heavy atom. The van der Waals surface area contributed by atoms with E-state index in [0.717, 1.165) is 11.1 Å². The minimum absolute atomic E-state index is 0.131. The molecule has 0 bridgehead atoms. The van der Waals surface area contributed by atoms with Gasteiger partial charge in [-0.15, -0.1) is 0 Å². The summed E-state index contributed by atoms with van der Waals surface area (Å²) in [5, 5.41) is 0. The summed E-state index contributed by atoms with van der Waals surface area (Å²) in [7, 11) is -3.49. The van der Waals surface area contributed by atoms with Crippen LogP contribution in [0.5, 0.6) is 0 Å². The predicted octanol–water partition coefficient (Wildman–Crippen LogP) is 3.04. The van der Waals surface area contributed by atoms with E-state index in [1.807, 2.05) is 56.3 Å². The van der Waals surface area contributed by atoms with Crippen molar-refractivity contribution in [3.63, 3.8) is 0 Å². The van der Waals surface area contributed by atoms with E-state index in [0.29, 0.717) is 4.90 Å². The standard InChI is InChI=1S/C15H17NO2S/c1-12(2)16-19(17,18)15-11-7-6-10-14(15)13-8-4-3-5-9-13/h3-12,16H,1-2H3. The highest BCUT2D eigenvalue weighted by atomic mass is 32.2. The van der Waals surface area contributed by atoms with Crippen LogP contribution in [-0.2, 0) is 10.0 Å². The highest BCUT2D eigenvalue weighted by Crippen LogP contribution is 2.26. The molecule has 0 spiro atoms. The van der Waals surface area contributed by atoms with Gasteiger partial charge in [-0.05, 0) is 25.5 Å². The summed E-state index contributed by atoms with van der Waals surface area (Å²) in [6, 6.07) is 16.4. The molecule has 0 aromatic heterocycles. The first-order chi connectivity index (χ1) is 9.00. The van der Waals surface area contributed by atoms with Gasteiger partial charge in [0, 0.05) is 11.6 Å². The fourth-order valence-electron chi connectivity index (χ4n) is 1.93. The molecule has 2 rings (SSSR count). The van der Waals surface area contributed by atoms with E-state index in [-0.39, 0.29) is 6.04 Å². The van der Waals surface area contributed by atoms with Gasteiger partial charge in [0.05, 0.1) is 4.90 Å². The van der Waals surface area contributed by atoms with Crippen molar-refractivity contribution in [3.05, 3.63) is 54.6 Å². The Bertz CT molecular complexity index is 649. The lowest BCUT2D eigenvalue weighted by Crippen LogP contribution is -2.30. The maximum absolute atomic E-state index is 12.3. The van der Waals surface area contributed by atoms with Crippen LogP contribution in [0.3, 0.4) is 0 Å². The molecule has 3 nitrogen and oxygen atoms in total. The van der Waals surface area contributed by atoms with E-state index >= 15 is 0 Å². The third-order valence-electron chi connectivity index (χ3n) is 2.65. The number of hydrogen-bond acceptors (Lipinski definition) is 2. The maximum atomic E-state index is 12.3. The minimum atomic E-state index is -3.49. The van der Waals surface area contributed by atoms with Gasteiger partial charge >= 0.3 is 0 Å². The lowest BCUT2D eigenvalue weighted by molar-refractivity contribution is 0.570. The van der Waals surface area contributed by atoms with E-state index in [4.69, 9.17) is 0 Å². The van der Waals surface area contributed by atoms with Gasteiger partial charge in [0.1, 0.15) is 0 Å². The highest BCUT2D eigenvalue weighted by molar-refractivity contribution is 7.89. The van der Waals surface area contributed by atoms with Crippen molar-refractivity contribution in [1.82, 2.24) is 4.72 Å². The molecule has 0 heterocycles. The molecule has 0 aliphatic heterocycles. The molecule has 4 heteroatoms. The number of rotatable bonds is 4. The first-order valence-corrected chi connectivity index (χ1v) is 7.66. The second-order valence-corrected chi connectivity index (χ2v) is 6.32. The number of benzene rings is 2. The first kappa shape index (κ1) is 13.8. The Labute approximate surface area is 114 Å². The van der Waals surface area contributed by atoms with Gasteiger partial charge in [-0.1, -0.05) is 48.5 Å². The van der Waals surface area contributed by atoms with Gasteiger partial charge in [0.25, 0.3) is 0 Å². The Morgan fingerprint density at radius 3 is 2.11 bits per heavy atom. The zero-order valence-electron chi connectivity index (χ0n) is 11.0. The SMILES string of the molecule is CC(C)NS(=O)(=O)c1ccccc1-c1ccccc1. The molecule has 0 aliphatic carbocycles. The molecule has 0 saturated heterocycles. The molecule has 2 aromatic carbocycles. The van der Waals surface area contributed by atoms with Gasteiger partial charge in [-0.2, -0.15) is 0 Å². The van der Waals surface area contributed by atoms with E-state index in [1.54, 1.807) is 12.1 Å². The van der Waals surface area contributed by atoms with Crippen LogP contribution >= 0.6 is 0 Å². The van der Waals surface area contributed by atoms with Crippen molar-refractivity contribution in [2.45, 2.75) is 24.8 Å². The molecule has 0 aliphatic rings. The van der Waals surface area contributed by atoms with Crippen LogP contribution < -0.4 is 4.72 Å². The quantitative estimate of drug-likeness (QED) is 0.932. The average Bonchev–Trinajstić information content (AvgIpc) is 2.38. The molecular formula is C15H17NO2S. The fourth-order valence-corrected chi connectivity index (χ4v) is 3.41. The van der Waals surface area contributed by atoms with Crippen molar-refractivity contribution >= 4 is 10.0 Å². The Kier molecular flexibility index (Phi) is 4.02. The van der Waals surface area contributed by atoms with Gasteiger partial charge in [0.2, 0.25) is 10.0 Å². The summed E-state index contributed by atoms with van der Waals surface area (Å²) >= 11 is 0. The van der Waals surface area contributed by atoms with Crippen LogP contribution in [0.25, 0.3) is 11.1 Å². The van der Waals surface area contributed by atoms with Gasteiger partial charge in [-0.3, -0.25) is 0 Å². The number of nitrogens with one attached hydrogen (secondary N) is 1. The van der Waals surface area contributed by atoms with E-state index < -0.39 is 10.0 Å². The largest absolute Gasteiger partial charge is 0.241 e. The summed E-state index contributed by atoms with van der Waals surface area (Å²) in [6.45, 7) is 3.62. The molecule has 0 fully saturated rings. The minimum Gasteiger partial charge on any atom is -0.209 e. The van der Waals surface area contributed by atoms with Crippen molar-refractivity contribution < 1.29 is 8.42 Å². The topological polar surface area (TPSA) is 46.2 Å². The Hall–Kier alpha value is -1.65. The summed E-state index contributed by atoms with van der Waals surface area (Å²) in [4.78, 5) is 0.315. The van der Waals surface area contributed by atoms with Crippen molar-refractivity contribution in [2.24, 2.45) is 0 Å². The van der Waals surface area contributed by atoms with Crippen LogP contribution in [-0.4, -0.2) is 14.5 Å². The zero-order chi connectivity index (χ0) is 13.9. The normalized spacial score (nSPS) is 11.7. The average molecular weight is 275 g/mol. The number of sulfonamides is 1. The Balaban J connectivity index is 2.54. The van der Waals surface area contributed by atoms with Crippen molar-refractivity contribution in [3.8, 4) is 11.1 Å². The molecule has 2 aromatic rings. The Morgan fingerprint density at radius 1 is 0.895 bits per heavy atom. The van der Waals surface area contributed by atoms with Gasteiger partial charge in [0.15, 0.2) is 0 Å². The number of hydrogen-bond donors (Lipinski definition) is 1. The van der Waals surface area contributed by atoms with Crippen LogP contribution in [0.15, 0.2) is 59.5 Å². The smallest absolute Gasteiger partial charge is 0.209 e. The highest BCUT2D eigenvalue weighted by Gasteiger charge is 2.19. The fraction of sp³-hybridized carbons (Fsp3) is 0.200. The third kappa shape index (κ3) is 3.22. The second kappa shape index (κ2) is 5.55. The van der Waals surface area contributed by atoms with Crippen molar-refractivity contribution in [2.75, 3.05) is 0 Å². The molecule has 0 saturated carbocycles. The summed E-state index contributed by atoms with van der Waals surface area (Å²) in [6.07, 6.45) is 0. The lowest BCUT2D eigenvalue weighted by atomic mass is 10.1. The molecule has 19 heavy (non-hydrogen) atoms. The van der Waals surface area contributed by atoms with E-state index in [2.05, 4.69) is 4.72 Å². The van der Waals surface area contributed by atoms with E-state index in [1.165, 1.54) is 0 Å². The summed E-state index contributed by atoms with van der Waals surface area (Å²) in [5.74, 6) is 0. The maximum Gasteiger partial charge on any atom is 0.241 e. The van der Waals surface area contributed by atoms with Gasteiger partial charge in [-0.25, -0.2) is 13.1 Å². The molecule has 0 radical (unpaired) electrons. The monoisotopic (exact) mass is 275 g/mol. The summed E-state index contributed by atoms with van der Waals surface area (Å²) in [5.41, 5.74) is 1.61. The van der Waals surface area contributed by atoms with Crippen molar-refractivity contribution in [1.29, 1.82) is 0 Å².